The Hall–Kier alpha value is -1.96. The fourth-order valence-electron chi connectivity index (χ4n) is 1.43. The van der Waals surface area contributed by atoms with Crippen molar-refractivity contribution >= 4 is 29.6 Å². The standard InChI is InChI=1S/C12H15NO6S/c1-7(14)13-9(11(15)16)5-20-6-10-8(3-4-19-10)12(17)18-2/h3-4,9H,5-6H2,1-2H3,(H,13,14)(H,15,16). The van der Waals surface area contributed by atoms with Crippen LogP contribution in [0.5, 0.6) is 0 Å². The van der Waals surface area contributed by atoms with Gasteiger partial charge in [-0.15, -0.1) is 0 Å². The van der Waals surface area contributed by atoms with E-state index in [4.69, 9.17) is 9.52 Å². The number of furan rings is 1. The molecule has 1 amide bonds. The summed E-state index contributed by atoms with van der Waals surface area (Å²) in [5.74, 6) is -1.15. The van der Waals surface area contributed by atoms with E-state index < -0.39 is 23.9 Å². The van der Waals surface area contributed by atoms with E-state index in [1.165, 1.54) is 38.1 Å². The van der Waals surface area contributed by atoms with Crippen LogP contribution in [0.25, 0.3) is 0 Å². The molecule has 0 radical (unpaired) electrons. The average molecular weight is 301 g/mol. The van der Waals surface area contributed by atoms with Crippen LogP contribution < -0.4 is 5.32 Å². The van der Waals surface area contributed by atoms with Crippen LogP contribution in [0.4, 0.5) is 0 Å². The van der Waals surface area contributed by atoms with Crippen molar-refractivity contribution in [2.75, 3.05) is 12.9 Å². The molecule has 110 valence electrons. The third kappa shape index (κ3) is 4.61. The average Bonchev–Trinajstić information content (AvgIpc) is 2.84. The summed E-state index contributed by atoms with van der Waals surface area (Å²) < 4.78 is 9.75. The number of carbonyl (C=O) groups excluding carboxylic acids is 2. The van der Waals surface area contributed by atoms with Crippen LogP contribution in [-0.4, -0.2) is 41.9 Å². The topological polar surface area (TPSA) is 106 Å². The van der Waals surface area contributed by atoms with Gasteiger partial charge >= 0.3 is 11.9 Å². The normalized spacial score (nSPS) is 11.7. The summed E-state index contributed by atoms with van der Waals surface area (Å²) in [5, 5.41) is 11.3. The van der Waals surface area contributed by atoms with Crippen LogP contribution in [0, 0.1) is 0 Å². The van der Waals surface area contributed by atoms with Crippen LogP contribution in [0.15, 0.2) is 16.7 Å². The first-order valence-electron chi connectivity index (χ1n) is 5.68. The number of carbonyl (C=O) groups is 3. The maximum atomic E-state index is 11.4. The van der Waals surface area contributed by atoms with Gasteiger partial charge in [0, 0.05) is 12.7 Å². The van der Waals surface area contributed by atoms with Crippen LogP contribution in [0.2, 0.25) is 0 Å². The third-order valence-electron chi connectivity index (χ3n) is 2.34. The van der Waals surface area contributed by atoms with E-state index in [2.05, 4.69) is 10.1 Å². The van der Waals surface area contributed by atoms with Crippen LogP contribution in [0.1, 0.15) is 23.0 Å². The number of esters is 1. The van der Waals surface area contributed by atoms with Crippen LogP contribution in [0.3, 0.4) is 0 Å². The van der Waals surface area contributed by atoms with Crippen LogP contribution in [-0.2, 0) is 20.1 Å². The van der Waals surface area contributed by atoms with Crippen molar-refractivity contribution in [2.45, 2.75) is 18.7 Å². The fourth-order valence-corrected chi connectivity index (χ4v) is 2.42. The Morgan fingerprint density at radius 3 is 2.75 bits per heavy atom. The molecule has 0 aliphatic rings. The number of carboxylic acids is 1. The molecule has 8 heteroatoms. The minimum absolute atomic E-state index is 0.163. The molecule has 1 atom stereocenters. The molecule has 1 heterocycles. The van der Waals surface area contributed by atoms with E-state index in [9.17, 15) is 14.4 Å². The summed E-state index contributed by atoms with van der Waals surface area (Å²) in [7, 11) is 1.27. The number of ether oxygens (including phenoxy) is 1. The number of nitrogens with one attached hydrogen (secondary N) is 1. The van der Waals surface area contributed by atoms with Gasteiger partial charge in [0.25, 0.3) is 0 Å². The predicted octanol–water partition coefficient (Wildman–Crippen LogP) is 0.889. The van der Waals surface area contributed by atoms with Gasteiger partial charge in [0.2, 0.25) is 5.91 Å². The Labute approximate surface area is 119 Å². The number of hydrogen-bond acceptors (Lipinski definition) is 6. The number of methoxy groups -OCH3 is 1. The molecule has 20 heavy (non-hydrogen) atoms. The molecule has 1 rings (SSSR count). The van der Waals surface area contributed by atoms with Gasteiger partial charge in [-0.05, 0) is 6.07 Å². The maximum Gasteiger partial charge on any atom is 0.341 e. The van der Waals surface area contributed by atoms with Gasteiger partial charge in [-0.2, -0.15) is 11.8 Å². The summed E-state index contributed by atoms with van der Waals surface area (Å²) in [6.07, 6.45) is 1.37. The molecule has 0 aliphatic carbocycles. The molecule has 7 nitrogen and oxygen atoms in total. The molecule has 1 aromatic rings. The zero-order valence-electron chi connectivity index (χ0n) is 11.0. The summed E-state index contributed by atoms with van der Waals surface area (Å²) >= 11 is 1.23. The highest BCUT2D eigenvalue weighted by Crippen LogP contribution is 2.19. The SMILES string of the molecule is COC(=O)c1ccoc1CSCC(NC(C)=O)C(=O)O. The Morgan fingerprint density at radius 1 is 1.50 bits per heavy atom. The lowest BCUT2D eigenvalue weighted by molar-refractivity contribution is -0.140. The number of amides is 1. The van der Waals surface area contributed by atoms with Crippen molar-refractivity contribution < 1.29 is 28.6 Å². The molecule has 0 saturated heterocycles. The molecule has 0 aromatic carbocycles. The molecular weight excluding hydrogens is 286 g/mol. The predicted molar refractivity (Wildman–Crippen MR) is 71.5 cm³/mol. The Morgan fingerprint density at radius 2 is 2.20 bits per heavy atom. The lowest BCUT2D eigenvalue weighted by Crippen LogP contribution is -2.41. The molecule has 0 bridgehead atoms. The highest BCUT2D eigenvalue weighted by molar-refractivity contribution is 7.98. The van der Waals surface area contributed by atoms with Gasteiger partial charge in [-0.1, -0.05) is 0 Å². The second kappa shape index (κ2) is 7.59. The molecule has 0 saturated carbocycles. The van der Waals surface area contributed by atoms with Gasteiger partial charge < -0.3 is 19.6 Å². The Balaban J connectivity index is 2.55. The molecule has 1 aromatic heterocycles. The minimum atomic E-state index is -1.11. The molecule has 0 fully saturated rings. The Kier molecular flexibility index (Phi) is 6.10. The summed E-state index contributed by atoms with van der Waals surface area (Å²) in [4.78, 5) is 33.2. The fraction of sp³-hybridized carbons (Fsp3) is 0.417. The van der Waals surface area contributed by atoms with Crippen molar-refractivity contribution in [1.29, 1.82) is 0 Å². The highest BCUT2D eigenvalue weighted by atomic mass is 32.2. The quantitative estimate of drug-likeness (QED) is 0.720. The van der Waals surface area contributed by atoms with Crippen molar-refractivity contribution in [2.24, 2.45) is 0 Å². The van der Waals surface area contributed by atoms with Gasteiger partial charge in [-0.25, -0.2) is 9.59 Å². The van der Waals surface area contributed by atoms with Crippen molar-refractivity contribution in [3.05, 3.63) is 23.7 Å². The summed E-state index contributed by atoms with van der Waals surface area (Å²) in [6.45, 7) is 1.25. The molecule has 1 unspecified atom stereocenters. The van der Waals surface area contributed by atoms with E-state index in [1.54, 1.807) is 0 Å². The smallest absolute Gasteiger partial charge is 0.341 e. The zero-order valence-corrected chi connectivity index (χ0v) is 11.9. The monoisotopic (exact) mass is 301 g/mol. The number of hydrogen-bond donors (Lipinski definition) is 2. The lowest BCUT2D eigenvalue weighted by Gasteiger charge is -2.12. The van der Waals surface area contributed by atoms with Gasteiger partial charge in [0.1, 0.15) is 17.4 Å². The maximum absolute atomic E-state index is 11.4. The lowest BCUT2D eigenvalue weighted by atomic mass is 10.3. The second-order valence-electron chi connectivity index (χ2n) is 3.86. The zero-order chi connectivity index (χ0) is 15.1. The first-order valence-corrected chi connectivity index (χ1v) is 6.83. The summed E-state index contributed by atoms with van der Waals surface area (Å²) in [6, 6.07) is 0.513. The van der Waals surface area contributed by atoms with E-state index in [1.807, 2.05) is 0 Å². The van der Waals surface area contributed by atoms with Crippen molar-refractivity contribution in [1.82, 2.24) is 5.32 Å². The van der Waals surface area contributed by atoms with Gasteiger partial charge in [0.05, 0.1) is 19.1 Å². The van der Waals surface area contributed by atoms with Gasteiger partial charge in [0.15, 0.2) is 0 Å². The third-order valence-corrected chi connectivity index (χ3v) is 3.38. The largest absolute Gasteiger partial charge is 0.480 e. The second-order valence-corrected chi connectivity index (χ2v) is 4.89. The van der Waals surface area contributed by atoms with E-state index in [0.29, 0.717) is 17.1 Å². The van der Waals surface area contributed by atoms with Crippen molar-refractivity contribution in [3.63, 3.8) is 0 Å². The highest BCUT2D eigenvalue weighted by Gasteiger charge is 2.20. The van der Waals surface area contributed by atoms with E-state index in [0.717, 1.165) is 0 Å². The number of rotatable bonds is 7. The minimum Gasteiger partial charge on any atom is -0.480 e. The molecule has 0 spiro atoms. The molecular formula is C12H15NO6S. The molecule has 0 aliphatic heterocycles. The molecule has 2 N–H and O–H groups in total. The van der Waals surface area contributed by atoms with Crippen molar-refractivity contribution in [3.8, 4) is 0 Å². The van der Waals surface area contributed by atoms with E-state index in [-0.39, 0.29) is 5.75 Å². The van der Waals surface area contributed by atoms with E-state index >= 15 is 0 Å². The Bertz CT molecular complexity index is 498. The van der Waals surface area contributed by atoms with Crippen LogP contribution >= 0.6 is 11.8 Å². The van der Waals surface area contributed by atoms with Gasteiger partial charge in [-0.3, -0.25) is 4.79 Å². The number of aliphatic carboxylic acids is 1. The number of carboxylic acid groups (broad SMARTS) is 1. The first kappa shape index (κ1) is 16.1. The first-order chi connectivity index (χ1) is 9.45. The summed E-state index contributed by atoms with van der Waals surface area (Å²) in [5.41, 5.74) is 0.311. The number of thioether (sulfide) groups is 1.